The Morgan fingerprint density at radius 2 is 1.78 bits per heavy atom. The molecule has 1 aromatic rings. The van der Waals surface area contributed by atoms with Crippen LogP contribution in [0.1, 0.15) is 11.5 Å². The number of aliphatic carboxylic acids is 1. The van der Waals surface area contributed by atoms with Gasteiger partial charge < -0.3 is 15.1 Å². The molecule has 96 valence electrons. The van der Waals surface area contributed by atoms with Crippen molar-refractivity contribution in [2.24, 2.45) is 5.92 Å². The first-order valence-electron chi connectivity index (χ1n) is 5.45. The van der Waals surface area contributed by atoms with Gasteiger partial charge in [-0.2, -0.15) is 0 Å². The average Bonchev–Trinajstić information content (AvgIpc) is 2.75. The van der Waals surface area contributed by atoms with Crippen LogP contribution in [0.3, 0.4) is 0 Å². The summed E-state index contributed by atoms with van der Waals surface area (Å²) in [4.78, 5) is 23.2. The van der Waals surface area contributed by atoms with Crippen LogP contribution in [0.15, 0.2) is 24.3 Å². The van der Waals surface area contributed by atoms with E-state index in [1.54, 1.807) is 24.3 Å². The maximum Gasteiger partial charge on any atom is 0.407 e. The first-order chi connectivity index (χ1) is 8.49. The van der Waals surface area contributed by atoms with Gasteiger partial charge in [-0.3, -0.25) is 4.79 Å². The van der Waals surface area contributed by atoms with Crippen LogP contribution in [-0.4, -0.2) is 40.3 Å². The molecule has 1 heterocycles. The molecule has 0 saturated carbocycles. The molecular formula is C12H12ClNO4. The number of carbonyl (C=O) groups is 2. The van der Waals surface area contributed by atoms with Gasteiger partial charge in [0.05, 0.1) is 5.92 Å². The lowest BCUT2D eigenvalue weighted by Crippen LogP contribution is -2.28. The van der Waals surface area contributed by atoms with E-state index in [1.165, 1.54) is 0 Å². The molecule has 0 aliphatic carbocycles. The number of amides is 1. The van der Waals surface area contributed by atoms with Gasteiger partial charge in [-0.15, -0.1) is 0 Å². The van der Waals surface area contributed by atoms with Gasteiger partial charge in [-0.1, -0.05) is 23.7 Å². The number of benzene rings is 1. The Kier molecular flexibility index (Phi) is 3.43. The van der Waals surface area contributed by atoms with Crippen LogP contribution in [-0.2, 0) is 4.79 Å². The normalized spacial score (nSPS) is 23.1. The van der Waals surface area contributed by atoms with Gasteiger partial charge in [0.1, 0.15) is 0 Å². The molecule has 18 heavy (non-hydrogen) atoms. The van der Waals surface area contributed by atoms with E-state index in [0.717, 1.165) is 10.5 Å². The maximum atomic E-state index is 11.2. The standard InChI is InChI=1S/C12H12ClNO4/c13-8-3-1-7(2-4-8)9-5-14(12(17)18)6-10(9)11(15)16/h1-4,9-10H,5-6H2,(H,15,16)(H,17,18)/t9-,10+/m0/s1. The van der Waals surface area contributed by atoms with E-state index in [0.29, 0.717) is 5.02 Å². The summed E-state index contributed by atoms with van der Waals surface area (Å²) in [6, 6.07) is 6.85. The minimum absolute atomic E-state index is 0.0258. The van der Waals surface area contributed by atoms with E-state index in [2.05, 4.69) is 0 Å². The molecule has 1 aliphatic heterocycles. The van der Waals surface area contributed by atoms with Crippen molar-refractivity contribution in [3.63, 3.8) is 0 Å². The van der Waals surface area contributed by atoms with Gasteiger partial charge in [0.15, 0.2) is 0 Å². The van der Waals surface area contributed by atoms with E-state index < -0.39 is 18.0 Å². The molecule has 2 N–H and O–H groups in total. The second kappa shape index (κ2) is 4.86. The quantitative estimate of drug-likeness (QED) is 0.862. The molecule has 1 amide bonds. The zero-order chi connectivity index (χ0) is 13.3. The molecule has 2 rings (SSSR count). The Bertz CT molecular complexity index is 473. The SMILES string of the molecule is O=C(O)[C@@H]1CN(C(=O)O)C[C@H]1c1ccc(Cl)cc1. The van der Waals surface area contributed by atoms with Crippen LogP contribution in [0.2, 0.25) is 5.02 Å². The van der Waals surface area contributed by atoms with E-state index >= 15 is 0 Å². The third-order valence-corrected chi connectivity index (χ3v) is 3.46. The number of hydrogen-bond acceptors (Lipinski definition) is 2. The van der Waals surface area contributed by atoms with Crippen LogP contribution in [0.5, 0.6) is 0 Å². The Labute approximate surface area is 109 Å². The zero-order valence-electron chi connectivity index (χ0n) is 9.41. The number of likely N-dealkylation sites (tertiary alicyclic amines) is 1. The van der Waals surface area contributed by atoms with E-state index in [-0.39, 0.29) is 19.0 Å². The molecule has 6 heteroatoms. The van der Waals surface area contributed by atoms with Crippen molar-refractivity contribution in [3.05, 3.63) is 34.9 Å². The first kappa shape index (κ1) is 12.7. The lowest BCUT2D eigenvalue weighted by Gasteiger charge is -2.14. The van der Waals surface area contributed by atoms with Gasteiger partial charge in [-0.25, -0.2) is 4.79 Å². The highest BCUT2D eigenvalue weighted by molar-refractivity contribution is 6.30. The molecule has 1 aliphatic rings. The molecule has 1 aromatic carbocycles. The van der Waals surface area contributed by atoms with E-state index in [1.807, 2.05) is 0 Å². The van der Waals surface area contributed by atoms with Crippen molar-refractivity contribution in [3.8, 4) is 0 Å². The third-order valence-electron chi connectivity index (χ3n) is 3.21. The monoisotopic (exact) mass is 269 g/mol. The molecule has 0 radical (unpaired) electrons. The van der Waals surface area contributed by atoms with Gasteiger partial charge in [0.2, 0.25) is 0 Å². The van der Waals surface area contributed by atoms with E-state index in [9.17, 15) is 9.59 Å². The number of carboxylic acid groups (broad SMARTS) is 2. The Morgan fingerprint density at radius 1 is 1.17 bits per heavy atom. The molecule has 0 spiro atoms. The Hall–Kier alpha value is -1.75. The Balaban J connectivity index is 2.27. The summed E-state index contributed by atoms with van der Waals surface area (Å²) < 4.78 is 0. The fourth-order valence-electron chi connectivity index (χ4n) is 2.26. The smallest absolute Gasteiger partial charge is 0.407 e. The predicted octanol–water partition coefficient (Wildman–Crippen LogP) is 2.12. The van der Waals surface area contributed by atoms with Crippen molar-refractivity contribution in [1.29, 1.82) is 0 Å². The number of hydrogen-bond donors (Lipinski definition) is 2. The molecule has 1 fully saturated rings. The van der Waals surface area contributed by atoms with Crippen LogP contribution >= 0.6 is 11.6 Å². The summed E-state index contributed by atoms with van der Waals surface area (Å²) in [6.45, 7) is 0.228. The number of nitrogens with zero attached hydrogens (tertiary/aromatic N) is 1. The maximum absolute atomic E-state index is 11.2. The van der Waals surface area contributed by atoms with Crippen LogP contribution < -0.4 is 0 Å². The van der Waals surface area contributed by atoms with Gasteiger partial charge in [0.25, 0.3) is 0 Å². The molecule has 0 unspecified atom stereocenters. The van der Waals surface area contributed by atoms with Crippen molar-refractivity contribution in [2.45, 2.75) is 5.92 Å². The topological polar surface area (TPSA) is 77.8 Å². The molecule has 1 saturated heterocycles. The highest BCUT2D eigenvalue weighted by Crippen LogP contribution is 2.33. The largest absolute Gasteiger partial charge is 0.481 e. The molecule has 5 nitrogen and oxygen atoms in total. The zero-order valence-corrected chi connectivity index (χ0v) is 10.2. The van der Waals surface area contributed by atoms with Crippen molar-refractivity contribution in [2.75, 3.05) is 13.1 Å². The molecule has 0 bridgehead atoms. The summed E-state index contributed by atoms with van der Waals surface area (Å²) in [5.41, 5.74) is 0.801. The fourth-order valence-corrected chi connectivity index (χ4v) is 2.38. The van der Waals surface area contributed by atoms with Crippen molar-refractivity contribution in [1.82, 2.24) is 4.90 Å². The van der Waals surface area contributed by atoms with Crippen LogP contribution in [0.4, 0.5) is 4.79 Å². The summed E-state index contributed by atoms with van der Waals surface area (Å²) in [5.74, 6) is -2.00. The second-order valence-electron chi connectivity index (χ2n) is 4.29. The average molecular weight is 270 g/mol. The number of carboxylic acids is 1. The summed E-state index contributed by atoms with van der Waals surface area (Å²) in [7, 11) is 0. The van der Waals surface area contributed by atoms with Crippen molar-refractivity contribution >= 4 is 23.7 Å². The molecular weight excluding hydrogens is 258 g/mol. The highest BCUT2D eigenvalue weighted by atomic mass is 35.5. The fraction of sp³-hybridized carbons (Fsp3) is 0.333. The number of rotatable bonds is 2. The third kappa shape index (κ3) is 2.41. The summed E-state index contributed by atoms with van der Waals surface area (Å²) in [5, 5.41) is 18.7. The van der Waals surface area contributed by atoms with Gasteiger partial charge in [0, 0.05) is 24.0 Å². The highest BCUT2D eigenvalue weighted by Gasteiger charge is 2.40. The van der Waals surface area contributed by atoms with Crippen LogP contribution in [0, 0.1) is 5.92 Å². The van der Waals surface area contributed by atoms with Crippen LogP contribution in [0.25, 0.3) is 0 Å². The lowest BCUT2D eigenvalue weighted by molar-refractivity contribution is -0.141. The molecule has 0 aromatic heterocycles. The van der Waals surface area contributed by atoms with Gasteiger partial charge in [-0.05, 0) is 17.7 Å². The van der Waals surface area contributed by atoms with Gasteiger partial charge >= 0.3 is 12.1 Å². The summed E-state index contributed by atoms with van der Waals surface area (Å²) in [6.07, 6.45) is -1.09. The van der Waals surface area contributed by atoms with Crippen molar-refractivity contribution < 1.29 is 19.8 Å². The molecule has 2 atom stereocenters. The lowest BCUT2D eigenvalue weighted by atomic mass is 9.89. The second-order valence-corrected chi connectivity index (χ2v) is 4.73. The predicted molar refractivity (Wildman–Crippen MR) is 64.9 cm³/mol. The first-order valence-corrected chi connectivity index (χ1v) is 5.83. The summed E-state index contributed by atoms with van der Waals surface area (Å²) >= 11 is 5.78. The minimum atomic E-state index is -1.09. The minimum Gasteiger partial charge on any atom is -0.481 e. The number of halogens is 1. The Morgan fingerprint density at radius 3 is 2.28 bits per heavy atom. The van der Waals surface area contributed by atoms with E-state index in [4.69, 9.17) is 21.8 Å².